The molecule has 1 nitrogen and oxygen atoms in total. The predicted octanol–water partition coefficient (Wildman–Crippen LogP) is 3.42. The van der Waals surface area contributed by atoms with Gasteiger partial charge in [0.25, 0.3) is 0 Å². The van der Waals surface area contributed by atoms with Gasteiger partial charge in [-0.3, -0.25) is 0 Å². The molecule has 0 saturated heterocycles. The Kier molecular flexibility index (Phi) is 2.83. The van der Waals surface area contributed by atoms with E-state index in [4.69, 9.17) is 4.74 Å². The molecule has 1 radical (unpaired) electrons. The fourth-order valence-corrected chi connectivity index (χ4v) is 2.32. The second-order valence-corrected chi connectivity index (χ2v) is 4.50. The van der Waals surface area contributed by atoms with Crippen molar-refractivity contribution in [2.75, 3.05) is 0 Å². The molecule has 1 aliphatic heterocycles. The molecule has 0 aromatic heterocycles. The SMILES string of the molecule is [c]1ccc2c(c1)CC(CCc1ccccc1)O2. The van der Waals surface area contributed by atoms with Crippen molar-refractivity contribution in [2.24, 2.45) is 0 Å². The highest BCUT2D eigenvalue weighted by Gasteiger charge is 2.21. The summed E-state index contributed by atoms with van der Waals surface area (Å²) in [5.41, 5.74) is 2.68. The van der Waals surface area contributed by atoms with Gasteiger partial charge in [0.2, 0.25) is 0 Å². The van der Waals surface area contributed by atoms with Crippen LogP contribution in [0.15, 0.2) is 48.5 Å². The molecule has 1 heteroatoms. The monoisotopic (exact) mass is 223 g/mol. The van der Waals surface area contributed by atoms with Gasteiger partial charge in [0.1, 0.15) is 11.9 Å². The third kappa shape index (κ3) is 2.33. The van der Waals surface area contributed by atoms with Crippen LogP contribution in [-0.2, 0) is 12.8 Å². The van der Waals surface area contributed by atoms with Crippen molar-refractivity contribution in [3.8, 4) is 5.75 Å². The van der Waals surface area contributed by atoms with Crippen molar-refractivity contribution in [1.29, 1.82) is 0 Å². The van der Waals surface area contributed by atoms with Gasteiger partial charge >= 0.3 is 0 Å². The number of ether oxygens (including phenoxy) is 1. The average molecular weight is 223 g/mol. The van der Waals surface area contributed by atoms with Gasteiger partial charge in [0, 0.05) is 6.42 Å². The molecule has 0 spiro atoms. The van der Waals surface area contributed by atoms with Crippen LogP contribution in [-0.4, -0.2) is 6.10 Å². The van der Waals surface area contributed by atoms with Gasteiger partial charge < -0.3 is 4.74 Å². The third-order valence-corrected chi connectivity index (χ3v) is 3.24. The Balaban J connectivity index is 1.59. The van der Waals surface area contributed by atoms with Gasteiger partial charge in [-0.1, -0.05) is 36.4 Å². The lowest BCUT2D eigenvalue weighted by Crippen LogP contribution is -2.13. The molecule has 1 heterocycles. The first-order valence-corrected chi connectivity index (χ1v) is 6.11. The van der Waals surface area contributed by atoms with Crippen molar-refractivity contribution in [2.45, 2.75) is 25.4 Å². The van der Waals surface area contributed by atoms with Crippen molar-refractivity contribution in [3.63, 3.8) is 0 Å². The highest BCUT2D eigenvalue weighted by atomic mass is 16.5. The molecule has 0 amide bonds. The summed E-state index contributed by atoms with van der Waals surface area (Å²) in [5, 5.41) is 0. The van der Waals surface area contributed by atoms with E-state index in [0.29, 0.717) is 6.10 Å². The van der Waals surface area contributed by atoms with Gasteiger partial charge in [-0.15, -0.1) is 0 Å². The summed E-state index contributed by atoms with van der Waals surface area (Å²) in [7, 11) is 0. The van der Waals surface area contributed by atoms with Gasteiger partial charge in [-0.25, -0.2) is 0 Å². The Bertz CT molecular complexity index is 465. The Morgan fingerprint density at radius 3 is 2.88 bits per heavy atom. The van der Waals surface area contributed by atoms with E-state index in [1.54, 1.807) is 0 Å². The molecule has 17 heavy (non-hydrogen) atoms. The van der Waals surface area contributed by atoms with Crippen molar-refractivity contribution >= 4 is 0 Å². The van der Waals surface area contributed by atoms with Crippen LogP contribution < -0.4 is 4.74 Å². The maximum absolute atomic E-state index is 5.91. The highest BCUT2D eigenvalue weighted by Crippen LogP contribution is 2.29. The lowest BCUT2D eigenvalue weighted by Gasteiger charge is -2.10. The molecule has 0 aliphatic carbocycles. The molecule has 0 bridgehead atoms. The maximum atomic E-state index is 5.91. The van der Waals surface area contributed by atoms with E-state index in [1.807, 2.05) is 18.2 Å². The number of hydrogen-bond donors (Lipinski definition) is 0. The second-order valence-electron chi connectivity index (χ2n) is 4.50. The van der Waals surface area contributed by atoms with Crippen LogP contribution >= 0.6 is 0 Å². The third-order valence-electron chi connectivity index (χ3n) is 3.24. The zero-order valence-electron chi connectivity index (χ0n) is 9.73. The maximum Gasteiger partial charge on any atom is 0.123 e. The molecule has 0 saturated carbocycles. The summed E-state index contributed by atoms with van der Waals surface area (Å²) < 4.78 is 5.91. The van der Waals surface area contributed by atoms with Crippen LogP contribution in [0.3, 0.4) is 0 Å². The molecule has 1 unspecified atom stereocenters. The number of benzene rings is 2. The van der Waals surface area contributed by atoms with E-state index < -0.39 is 0 Å². The standard InChI is InChI=1S/C16H15O/c1-2-6-13(7-3-1)10-11-15-12-14-8-4-5-9-16(14)17-15/h1-3,5-9,15H,10-12H2. The molecular formula is C16H15O. The predicted molar refractivity (Wildman–Crippen MR) is 68.2 cm³/mol. The number of aryl methyl sites for hydroxylation is 1. The van der Waals surface area contributed by atoms with E-state index in [9.17, 15) is 0 Å². The van der Waals surface area contributed by atoms with E-state index in [-0.39, 0.29) is 0 Å². The zero-order valence-corrected chi connectivity index (χ0v) is 9.73. The first-order valence-electron chi connectivity index (χ1n) is 6.11. The van der Waals surface area contributed by atoms with Crippen LogP contribution in [0.1, 0.15) is 17.5 Å². The average Bonchev–Trinajstić information content (AvgIpc) is 2.80. The number of fused-ring (bicyclic) bond motifs is 1. The Hall–Kier alpha value is -1.76. The lowest BCUT2D eigenvalue weighted by atomic mass is 10.0. The summed E-state index contributed by atoms with van der Waals surface area (Å²) in [4.78, 5) is 0. The summed E-state index contributed by atoms with van der Waals surface area (Å²) in [5.74, 6) is 1.04. The van der Waals surface area contributed by atoms with Crippen molar-refractivity contribution in [1.82, 2.24) is 0 Å². The number of rotatable bonds is 3. The van der Waals surface area contributed by atoms with Gasteiger partial charge in [0.05, 0.1) is 0 Å². The minimum Gasteiger partial charge on any atom is -0.490 e. The second kappa shape index (κ2) is 4.62. The minimum absolute atomic E-state index is 0.334. The van der Waals surface area contributed by atoms with E-state index >= 15 is 0 Å². The van der Waals surface area contributed by atoms with Crippen LogP contribution in [0.2, 0.25) is 0 Å². The highest BCUT2D eigenvalue weighted by molar-refractivity contribution is 5.36. The van der Waals surface area contributed by atoms with Gasteiger partial charge in [-0.2, -0.15) is 0 Å². The fourth-order valence-electron chi connectivity index (χ4n) is 2.32. The van der Waals surface area contributed by atoms with E-state index in [1.165, 1.54) is 11.1 Å². The van der Waals surface area contributed by atoms with Crippen molar-refractivity contribution in [3.05, 3.63) is 65.7 Å². The van der Waals surface area contributed by atoms with E-state index in [2.05, 4.69) is 36.4 Å². The smallest absolute Gasteiger partial charge is 0.123 e. The van der Waals surface area contributed by atoms with Gasteiger partial charge in [0.15, 0.2) is 0 Å². The quantitative estimate of drug-likeness (QED) is 0.774. The number of hydrogen-bond acceptors (Lipinski definition) is 1. The molecule has 0 fully saturated rings. The first-order chi connectivity index (χ1) is 8.42. The largest absolute Gasteiger partial charge is 0.490 e. The fraction of sp³-hybridized carbons (Fsp3) is 0.250. The zero-order chi connectivity index (χ0) is 11.5. The minimum atomic E-state index is 0.334. The van der Waals surface area contributed by atoms with Crippen LogP contribution in [0, 0.1) is 6.07 Å². The lowest BCUT2D eigenvalue weighted by molar-refractivity contribution is 0.222. The van der Waals surface area contributed by atoms with Crippen LogP contribution in [0.5, 0.6) is 5.75 Å². The summed E-state index contributed by atoms with van der Waals surface area (Å²) in [6, 6.07) is 19.7. The van der Waals surface area contributed by atoms with E-state index in [0.717, 1.165) is 25.0 Å². The Morgan fingerprint density at radius 1 is 1.18 bits per heavy atom. The summed E-state index contributed by atoms with van der Waals surface area (Å²) >= 11 is 0. The molecule has 0 N–H and O–H groups in total. The topological polar surface area (TPSA) is 9.23 Å². The van der Waals surface area contributed by atoms with Crippen LogP contribution in [0.25, 0.3) is 0 Å². The molecule has 2 aromatic carbocycles. The Labute approximate surface area is 102 Å². The first kappa shape index (κ1) is 10.4. The molecule has 2 aromatic rings. The molecule has 1 atom stereocenters. The molecule has 3 rings (SSSR count). The summed E-state index contributed by atoms with van der Waals surface area (Å²) in [6.07, 6.45) is 3.53. The molecular weight excluding hydrogens is 208 g/mol. The van der Waals surface area contributed by atoms with Gasteiger partial charge in [-0.05, 0) is 42.2 Å². The molecule has 1 aliphatic rings. The molecule has 85 valence electrons. The Morgan fingerprint density at radius 2 is 2.06 bits per heavy atom. The summed E-state index contributed by atoms with van der Waals surface area (Å²) in [6.45, 7) is 0. The normalized spacial score (nSPS) is 17.5. The van der Waals surface area contributed by atoms with Crippen LogP contribution in [0.4, 0.5) is 0 Å². The van der Waals surface area contributed by atoms with Crippen molar-refractivity contribution < 1.29 is 4.74 Å².